The van der Waals surface area contributed by atoms with Crippen molar-refractivity contribution in [1.29, 1.82) is 0 Å². The van der Waals surface area contributed by atoms with Crippen LogP contribution in [0, 0.1) is 0 Å². The van der Waals surface area contributed by atoms with E-state index in [1.54, 1.807) is 0 Å². The molecule has 0 fully saturated rings. The Kier molecular flexibility index (Phi) is 4.22. The highest BCUT2D eigenvalue weighted by Crippen LogP contribution is 2.41. The summed E-state index contributed by atoms with van der Waals surface area (Å²) in [7, 11) is 0. The van der Waals surface area contributed by atoms with Gasteiger partial charge in [0.1, 0.15) is 0 Å². The van der Waals surface area contributed by atoms with Gasteiger partial charge in [-0.25, -0.2) is 0 Å². The van der Waals surface area contributed by atoms with Gasteiger partial charge in [0.05, 0.1) is 5.69 Å². The molecule has 5 aromatic rings. The Morgan fingerprint density at radius 3 is 2.43 bits per heavy atom. The molecule has 2 aromatic heterocycles. The molecule has 2 heteroatoms. The molecule has 0 radical (unpaired) electrons. The van der Waals surface area contributed by atoms with E-state index in [1.807, 2.05) is 17.5 Å². The SMILES string of the molecule is CC(C)c1ccnc(-c2ccc3c(c2)sc2c(-c4ccccc4)cccc23)c1. The maximum Gasteiger partial charge on any atom is 0.0705 e. The quantitative estimate of drug-likeness (QED) is 0.310. The van der Waals surface area contributed by atoms with E-state index in [-0.39, 0.29) is 0 Å². The number of nitrogens with zero attached hydrogens (tertiary/aromatic N) is 1. The molecule has 0 aliphatic rings. The van der Waals surface area contributed by atoms with E-state index in [2.05, 4.69) is 97.7 Å². The molecule has 28 heavy (non-hydrogen) atoms. The largest absolute Gasteiger partial charge is 0.256 e. The number of benzene rings is 3. The van der Waals surface area contributed by atoms with Crippen LogP contribution in [0.2, 0.25) is 0 Å². The summed E-state index contributed by atoms with van der Waals surface area (Å²) in [6.07, 6.45) is 1.92. The smallest absolute Gasteiger partial charge is 0.0705 e. The Hall–Kier alpha value is -2.97. The first-order valence-corrected chi connectivity index (χ1v) is 10.5. The lowest BCUT2D eigenvalue weighted by atomic mass is 10.0. The van der Waals surface area contributed by atoms with E-state index in [9.17, 15) is 0 Å². The van der Waals surface area contributed by atoms with Crippen LogP contribution in [0.3, 0.4) is 0 Å². The monoisotopic (exact) mass is 379 g/mol. The molecule has 0 N–H and O–H groups in total. The molecule has 5 rings (SSSR count). The van der Waals surface area contributed by atoms with Gasteiger partial charge in [-0.2, -0.15) is 0 Å². The van der Waals surface area contributed by atoms with Crippen molar-refractivity contribution in [3.8, 4) is 22.4 Å². The third kappa shape index (κ3) is 2.90. The fourth-order valence-electron chi connectivity index (χ4n) is 3.77. The van der Waals surface area contributed by atoms with Gasteiger partial charge in [0.2, 0.25) is 0 Å². The molecule has 0 saturated carbocycles. The minimum absolute atomic E-state index is 0.503. The van der Waals surface area contributed by atoms with Crippen molar-refractivity contribution in [3.63, 3.8) is 0 Å². The zero-order valence-electron chi connectivity index (χ0n) is 16.0. The van der Waals surface area contributed by atoms with E-state index < -0.39 is 0 Å². The molecule has 0 amide bonds. The summed E-state index contributed by atoms with van der Waals surface area (Å²) >= 11 is 1.87. The Labute approximate surface area is 169 Å². The van der Waals surface area contributed by atoms with Crippen LogP contribution >= 0.6 is 11.3 Å². The summed E-state index contributed by atoms with van der Waals surface area (Å²) in [5, 5.41) is 2.65. The highest BCUT2D eigenvalue weighted by atomic mass is 32.1. The molecule has 136 valence electrons. The third-order valence-electron chi connectivity index (χ3n) is 5.33. The molecule has 2 heterocycles. The molecule has 3 aromatic carbocycles. The summed E-state index contributed by atoms with van der Waals surface area (Å²) in [4.78, 5) is 4.62. The summed E-state index contributed by atoms with van der Waals surface area (Å²) in [6, 6.07) is 28.3. The lowest BCUT2D eigenvalue weighted by molar-refractivity contribution is 0.864. The molecule has 0 unspecified atom stereocenters. The van der Waals surface area contributed by atoms with Crippen LogP contribution < -0.4 is 0 Å². The number of pyridine rings is 1. The van der Waals surface area contributed by atoms with Gasteiger partial charge in [-0.3, -0.25) is 4.98 Å². The molecule has 0 bridgehead atoms. The second-order valence-corrected chi connectivity index (χ2v) is 8.54. The third-order valence-corrected chi connectivity index (χ3v) is 6.53. The van der Waals surface area contributed by atoms with Gasteiger partial charge in [-0.05, 0) is 40.8 Å². The summed E-state index contributed by atoms with van der Waals surface area (Å²) < 4.78 is 2.66. The van der Waals surface area contributed by atoms with E-state index in [0.29, 0.717) is 5.92 Å². The summed E-state index contributed by atoms with van der Waals surface area (Å²) in [5.41, 5.74) is 6.14. The predicted molar refractivity (Wildman–Crippen MR) is 122 cm³/mol. The maximum atomic E-state index is 4.62. The van der Waals surface area contributed by atoms with Crippen molar-refractivity contribution in [3.05, 3.63) is 90.6 Å². The zero-order chi connectivity index (χ0) is 19.1. The number of aromatic nitrogens is 1. The van der Waals surface area contributed by atoms with Gasteiger partial charge in [-0.1, -0.05) is 74.5 Å². The second-order valence-electron chi connectivity index (χ2n) is 7.49. The van der Waals surface area contributed by atoms with E-state index in [1.165, 1.54) is 42.4 Å². The van der Waals surface area contributed by atoms with Gasteiger partial charge in [0.25, 0.3) is 0 Å². The van der Waals surface area contributed by atoms with Crippen LogP contribution in [0.15, 0.2) is 85.1 Å². The maximum absolute atomic E-state index is 4.62. The van der Waals surface area contributed by atoms with E-state index in [0.717, 1.165) is 5.69 Å². The molecular formula is C26H21NS. The van der Waals surface area contributed by atoms with Gasteiger partial charge in [-0.15, -0.1) is 11.3 Å². The van der Waals surface area contributed by atoms with Crippen LogP contribution in [0.1, 0.15) is 25.3 Å². The van der Waals surface area contributed by atoms with Crippen molar-refractivity contribution in [2.75, 3.05) is 0 Å². The molecule has 0 aliphatic heterocycles. The average molecular weight is 380 g/mol. The molecule has 1 nitrogen and oxygen atoms in total. The van der Waals surface area contributed by atoms with Crippen LogP contribution in [0.5, 0.6) is 0 Å². The molecule has 0 saturated heterocycles. The fraction of sp³-hybridized carbons (Fsp3) is 0.115. The summed E-state index contributed by atoms with van der Waals surface area (Å²) in [5.74, 6) is 0.503. The Balaban J connectivity index is 1.69. The summed E-state index contributed by atoms with van der Waals surface area (Å²) in [6.45, 7) is 4.44. The predicted octanol–water partition coefficient (Wildman–Crippen LogP) is 7.91. The highest BCUT2D eigenvalue weighted by Gasteiger charge is 2.12. The highest BCUT2D eigenvalue weighted by molar-refractivity contribution is 7.26. The minimum Gasteiger partial charge on any atom is -0.256 e. The number of hydrogen-bond donors (Lipinski definition) is 0. The van der Waals surface area contributed by atoms with Crippen LogP contribution in [-0.2, 0) is 0 Å². The van der Waals surface area contributed by atoms with Crippen molar-refractivity contribution in [2.24, 2.45) is 0 Å². The fourth-order valence-corrected chi connectivity index (χ4v) is 5.04. The van der Waals surface area contributed by atoms with Crippen LogP contribution in [-0.4, -0.2) is 4.98 Å². The molecular weight excluding hydrogens is 358 g/mol. The topological polar surface area (TPSA) is 12.9 Å². The number of hydrogen-bond acceptors (Lipinski definition) is 2. The Bertz CT molecular complexity index is 1280. The number of thiophene rings is 1. The zero-order valence-corrected chi connectivity index (χ0v) is 16.8. The minimum atomic E-state index is 0.503. The number of fused-ring (bicyclic) bond motifs is 3. The normalized spacial score (nSPS) is 11.5. The van der Waals surface area contributed by atoms with Gasteiger partial charge in [0, 0.05) is 31.9 Å². The first kappa shape index (κ1) is 17.2. The average Bonchev–Trinajstić information content (AvgIpc) is 3.12. The molecule has 0 aliphatic carbocycles. The Morgan fingerprint density at radius 2 is 1.61 bits per heavy atom. The molecule has 0 spiro atoms. The number of rotatable bonds is 3. The van der Waals surface area contributed by atoms with Crippen molar-refractivity contribution < 1.29 is 0 Å². The lowest BCUT2D eigenvalue weighted by Crippen LogP contribution is -1.90. The molecule has 0 atom stereocenters. The van der Waals surface area contributed by atoms with Gasteiger partial charge >= 0.3 is 0 Å². The van der Waals surface area contributed by atoms with E-state index in [4.69, 9.17) is 0 Å². The van der Waals surface area contributed by atoms with Crippen molar-refractivity contribution >= 4 is 31.5 Å². The van der Waals surface area contributed by atoms with Gasteiger partial charge in [0.15, 0.2) is 0 Å². The van der Waals surface area contributed by atoms with Gasteiger partial charge < -0.3 is 0 Å². The van der Waals surface area contributed by atoms with Crippen LogP contribution in [0.4, 0.5) is 0 Å². The Morgan fingerprint density at radius 1 is 0.750 bits per heavy atom. The van der Waals surface area contributed by atoms with Crippen molar-refractivity contribution in [1.82, 2.24) is 4.98 Å². The van der Waals surface area contributed by atoms with Crippen LogP contribution in [0.25, 0.3) is 42.6 Å². The second kappa shape index (κ2) is 6.88. The standard InChI is InChI=1S/C26H21NS/c1-17(2)19-13-14-27-24(15-19)20-11-12-22-23-10-6-9-21(18-7-4-3-5-8-18)26(23)28-25(22)16-20/h3-17H,1-2H3. The first-order chi connectivity index (χ1) is 13.7. The van der Waals surface area contributed by atoms with Crippen molar-refractivity contribution in [2.45, 2.75) is 19.8 Å². The van der Waals surface area contributed by atoms with E-state index >= 15 is 0 Å². The lowest BCUT2D eigenvalue weighted by Gasteiger charge is -2.07. The first-order valence-electron chi connectivity index (χ1n) is 9.68.